The van der Waals surface area contributed by atoms with Crippen molar-refractivity contribution in [1.29, 1.82) is 0 Å². The minimum atomic E-state index is -0.879. The van der Waals surface area contributed by atoms with Crippen LogP contribution in [0.25, 0.3) is 11.3 Å². The van der Waals surface area contributed by atoms with Gasteiger partial charge in [0.2, 0.25) is 11.8 Å². The van der Waals surface area contributed by atoms with Crippen molar-refractivity contribution in [3.8, 4) is 11.3 Å². The Morgan fingerprint density at radius 3 is 2.69 bits per heavy atom. The van der Waals surface area contributed by atoms with Gasteiger partial charge in [0.1, 0.15) is 23.9 Å². The lowest BCUT2D eigenvalue weighted by Gasteiger charge is -2.30. The van der Waals surface area contributed by atoms with Crippen LogP contribution in [0.4, 0.5) is 24.3 Å². The summed E-state index contributed by atoms with van der Waals surface area (Å²) in [5, 5.41) is 12.0. The van der Waals surface area contributed by atoms with Gasteiger partial charge in [0.25, 0.3) is 0 Å². The molecule has 0 spiro atoms. The fourth-order valence-corrected chi connectivity index (χ4v) is 4.52. The Labute approximate surface area is 246 Å². The number of hydrogen-bond acceptors (Lipinski definition) is 7. The van der Waals surface area contributed by atoms with Gasteiger partial charge < -0.3 is 29.7 Å². The molecule has 1 saturated heterocycles. The second-order valence-corrected chi connectivity index (χ2v) is 9.99. The maximum absolute atomic E-state index is 13.8. The van der Waals surface area contributed by atoms with E-state index in [-0.39, 0.29) is 42.8 Å². The smallest absolute Gasteiger partial charge is 0.414 e. The summed E-state index contributed by atoms with van der Waals surface area (Å²) < 4.78 is 37.8. The summed E-state index contributed by atoms with van der Waals surface area (Å²) in [6.45, 7) is 2.30. The molecule has 4 rings (SSSR count). The Morgan fingerprint density at radius 2 is 1.93 bits per heavy atom. The van der Waals surface area contributed by atoms with Crippen LogP contribution in [0.3, 0.4) is 0 Å². The van der Waals surface area contributed by atoms with E-state index in [0.717, 1.165) is 0 Å². The maximum Gasteiger partial charge on any atom is 0.414 e. The number of carbonyl (C=O) groups excluding carboxylic acids is 3. The van der Waals surface area contributed by atoms with E-state index in [1.807, 2.05) is 0 Å². The van der Waals surface area contributed by atoms with Gasteiger partial charge in [-0.3, -0.25) is 10.1 Å². The number of urea groups is 1. The first-order chi connectivity index (χ1) is 20.2. The number of piperazine rings is 1. The summed E-state index contributed by atoms with van der Waals surface area (Å²) in [5.74, 6) is -1.14. The second kappa shape index (κ2) is 14.6. The van der Waals surface area contributed by atoms with E-state index in [0.29, 0.717) is 43.0 Å². The highest BCUT2D eigenvalue weighted by Crippen LogP contribution is 2.23. The van der Waals surface area contributed by atoms with E-state index >= 15 is 0 Å². The number of ether oxygens (including phenoxy) is 1. The molecule has 0 saturated carbocycles. The zero-order valence-electron chi connectivity index (χ0n) is 22.9. The summed E-state index contributed by atoms with van der Waals surface area (Å²) in [6.07, 6.45) is -0.537. The average Bonchev–Trinajstić information content (AvgIpc) is 3.46. The Morgan fingerprint density at radius 1 is 1.17 bits per heavy atom. The van der Waals surface area contributed by atoms with Crippen molar-refractivity contribution >= 4 is 35.5 Å². The zero-order valence-corrected chi connectivity index (χ0v) is 23.6. The SMILES string of the molecule is CN(C(=O)NCc1cccc(F)c1Cl)[C@@H](CCC(=O)N1CCNCC1)COC(=O)Nc1cc(-c2cccc(F)c2)no1. The van der Waals surface area contributed by atoms with Gasteiger partial charge in [0.05, 0.1) is 11.1 Å². The quantitative estimate of drug-likeness (QED) is 0.316. The molecule has 224 valence electrons. The molecular weight excluding hydrogens is 574 g/mol. The van der Waals surface area contributed by atoms with Gasteiger partial charge >= 0.3 is 12.1 Å². The Bertz CT molecular complexity index is 1400. The molecule has 42 heavy (non-hydrogen) atoms. The van der Waals surface area contributed by atoms with Crippen molar-refractivity contribution < 1.29 is 32.4 Å². The van der Waals surface area contributed by atoms with Crippen LogP contribution in [0.15, 0.2) is 53.1 Å². The molecule has 0 unspecified atom stereocenters. The first-order valence-electron chi connectivity index (χ1n) is 13.3. The van der Waals surface area contributed by atoms with Gasteiger partial charge in [0, 0.05) is 57.8 Å². The van der Waals surface area contributed by atoms with Crippen molar-refractivity contribution in [2.45, 2.75) is 25.4 Å². The number of nitrogens with zero attached hydrogens (tertiary/aromatic N) is 3. The standard InChI is InChI=1S/C28H31ClF2N6O5/c1-36(27(39)33-16-19-5-3-7-22(31)26(19)29)21(8-9-25(38)37-12-10-32-11-13-37)17-41-28(40)34-24-15-23(35-42-24)18-4-2-6-20(30)14-18/h2-7,14-15,21,32H,8-13,16-17H2,1H3,(H,33,39)(H,34,40)/t21-/m0/s1. The molecule has 0 aliphatic carbocycles. The molecule has 3 aromatic rings. The number of likely N-dealkylation sites (N-methyl/N-ethyl adjacent to an activating group) is 1. The number of benzene rings is 2. The number of anilines is 1. The summed E-state index contributed by atoms with van der Waals surface area (Å²) in [5.41, 5.74) is 1.16. The van der Waals surface area contributed by atoms with E-state index in [9.17, 15) is 23.2 Å². The largest absolute Gasteiger partial charge is 0.447 e. The highest BCUT2D eigenvalue weighted by molar-refractivity contribution is 6.31. The van der Waals surface area contributed by atoms with Crippen molar-refractivity contribution in [2.75, 3.05) is 45.2 Å². The summed E-state index contributed by atoms with van der Waals surface area (Å²) in [7, 11) is 1.51. The first kappa shape index (κ1) is 30.7. The Kier molecular flexibility index (Phi) is 10.7. The van der Waals surface area contributed by atoms with Gasteiger partial charge in [-0.15, -0.1) is 0 Å². The Hall–Kier alpha value is -4.23. The predicted octanol–water partition coefficient (Wildman–Crippen LogP) is 4.24. The van der Waals surface area contributed by atoms with Crippen LogP contribution < -0.4 is 16.0 Å². The molecular formula is C28H31ClF2N6O5. The van der Waals surface area contributed by atoms with Crippen LogP contribution in [0.5, 0.6) is 0 Å². The summed E-state index contributed by atoms with van der Waals surface area (Å²) >= 11 is 5.99. The molecule has 1 aliphatic rings. The van der Waals surface area contributed by atoms with Crippen LogP contribution in [-0.4, -0.2) is 78.9 Å². The normalized spacial score (nSPS) is 13.8. The topological polar surface area (TPSA) is 129 Å². The number of halogens is 3. The zero-order chi connectivity index (χ0) is 30.1. The molecule has 14 heteroatoms. The lowest BCUT2D eigenvalue weighted by atomic mass is 10.1. The third kappa shape index (κ3) is 8.40. The molecule has 0 radical (unpaired) electrons. The summed E-state index contributed by atoms with van der Waals surface area (Å²) in [6, 6.07) is 10.2. The number of carbonyl (C=O) groups is 3. The van der Waals surface area contributed by atoms with Crippen molar-refractivity contribution in [2.24, 2.45) is 0 Å². The van der Waals surface area contributed by atoms with Crippen molar-refractivity contribution in [3.63, 3.8) is 0 Å². The molecule has 1 aromatic heterocycles. The third-order valence-electron chi connectivity index (χ3n) is 6.75. The fraction of sp³-hybridized carbons (Fsp3) is 0.357. The third-order valence-corrected chi connectivity index (χ3v) is 7.18. The van der Waals surface area contributed by atoms with E-state index in [1.54, 1.807) is 17.0 Å². The van der Waals surface area contributed by atoms with E-state index in [2.05, 4.69) is 21.1 Å². The molecule has 2 aromatic carbocycles. The second-order valence-electron chi connectivity index (χ2n) is 9.62. The maximum atomic E-state index is 13.8. The number of amides is 4. The van der Waals surface area contributed by atoms with E-state index < -0.39 is 29.8 Å². The van der Waals surface area contributed by atoms with Crippen LogP contribution in [0.1, 0.15) is 18.4 Å². The van der Waals surface area contributed by atoms with Crippen LogP contribution in [-0.2, 0) is 16.1 Å². The highest BCUT2D eigenvalue weighted by Gasteiger charge is 2.25. The van der Waals surface area contributed by atoms with Crippen LogP contribution in [0, 0.1) is 11.6 Å². The fourth-order valence-electron chi connectivity index (χ4n) is 4.32. The minimum absolute atomic E-state index is 0.0252. The number of hydrogen-bond donors (Lipinski definition) is 3. The molecule has 1 atom stereocenters. The monoisotopic (exact) mass is 604 g/mol. The summed E-state index contributed by atoms with van der Waals surface area (Å²) in [4.78, 5) is 41.3. The van der Waals surface area contributed by atoms with Gasteiger partial charge in [-0.1, -0.05) is 41.0 Å². The number of aromatic nitrogens is 1. The van der Waals surface area contributed by atoms with Crippen LogP contribution in [0.2, 0.25) is 5.02 Å². The van der Waals surface area contributed by atoms with Crippen molar-refractivity contribution in [3.05, 3.63) is 70.8 Å². The minimum Gasteiger partial charge on any atom is -0.447 e. The van der Waals surface area contributed by atoms with Crippen LogP contribution >= 0.6 is 11.6 Å². The number of nitrogens with one attached hydrogen (secondary N) is 3. The molecule has 3 N–H and O–H groups in total. The lowest BCUT2D eigenvalue weighted by Crippen LogP contribution is -2.48. The van der Waals surface area contributed by atoms with E-state index in [4.69, 9.17) is 20.9 Å². The van der Waals surface area contributed by atoms with Gasteiger partial charge in [-0.2, -0.15) is 0 Å². The first-order valence-corrected chi connectivity index (χ1v) is 13.7. The Balaban J connectivity index is 1.36. The lowest BCUT2D eigenvalue weighted by molar-refractivity contribution is -0.132. The molecule has 4 amide bonds. The molecule has 1 fully saturated rings. The predicted molar refractivity (Wildman–Crippen MR) is 151 cm³/mol. The molecule has 0 bridgehead atoms. The number of rotatable bonds is 10. The molecule has 2 heterocycles. The van der Waals surface area contributed by atoms with Gasteiger partial charge in [0.15, 0.2) is 0 Å². The van der Waals surface area contributed by atoms with E-state index in [1.165, 1.54) is 48.3 Å². The average molecular weight is 605 g/mol. The van der Waals surface area contributed by atoms with Gasteiger partial charge in [-0.25, -0.2) is 18.4 Å². The molecule has 11 nitrogen and oxygen atoms in total. The van der Waals surface area contributed by atoms with Gasteiger partial charge in [-0.05, 0) is 30.2 Å². The van der Waals surface area contributed by atoms with Crippen molar-refractivity contribution in [1.82, 2.24) is 25.6 Å². The highest BCUT2D eigenvalue weighted by atomic mass is 35.5. The molecule has 1 aliphatic heterocycles.